The van der Waals surface area contributed by atoms with E-state index >= 15 is 0 Å². The molecule has 0 radical (unpaired) electrons. The van der Waals surface area contributed by atoms with Gasteiger partial charge in [0.1, 0.15) is 0 Å². The summed E-state index contributed by atoms with van der Waals surface area (Å²) in [5.41, 5.74) is 1.54. The zero-order chi connectivity index (χ0) is 10.1. The van der Waals surface area contributed by atoms with Crippen LogP contribution in [-0.2, 0) is 0 Å². The average Bonchev–Trinajstić information content (AvgIpc) is 2.62. The molecule has 0 nitrogen and oxygen atoms in total. The van der Waals surface area contributed by atoms with Crippen LogP contribution in [0.5, 0.6) is 0 Å². The first-order valence-corrected chi connectivity index (χ1v) is 9.80. The van der Waals surface area contributed by atoms with Crippen molar-refractivity contribution in [3.05, 3.63) is 12.2 Å². The highest BCUT2D eigenvalue weighted by Crippen LogP contribution is 2.67. The largest absolute Gasteiger partial charge is 0.0996 e. The van der Waals surface area contributed by atoms with Gasteiger partial charge in [0.15, 0.2) is 0 Å². The Morgan fingerprint density at radius 1 is 1.38 bits per heavy atom. The molecule has 0 aromatic carbocycles. The van der Waals surface area contributed by atoms with E-state index in [9.17, 15) is 0 Å². The van der Waals surface area contributed by atoms with Crippen molar-refractivity contribution in [3.63, 3.8) is 0 Å². The Morgan fingerprint density at radius 3 is 2.23 bits per heavy atom. The van der Waals surface area contributed by atoms with Crippen LogP contribution in [-0.4, -0.2) is 13.4 Å². The van der Waals surface area contributed by atoms with E-state index in [2.05, 4.69) is 42.1 Å². The van der Waals surface area contributed by atoms with Crippen molar-refractivity contribution in [2.24, 2.45) is 0 Å². The quantitative estimate of drug-likeness (QED) is 0.294. The summed E-state index contributed by atoms with van der Waals surface area (Å²) in [4.78, 5) is 0. The van der Waals surface area contributed by atoms with E-state index < -0.39 is 8.07 Å². The predicted molar refractivity (Wildman–Crippen MR) is 67.4 cm³/mol. The second-order valence-electron chi connectivity index (χ2n) is 5.26. The molecule has 0 amide bonds. The first-order chi connectivity index (χ1) is 5.94. The minimum absolute atomic E-state index is 0.620. The monoisotopic (exact) mass is 260 g/mol. The van der Waals surface area contributed by atoms with Gasteiger partial charge in [0, 0.05) is 5.33 Å². The molecule has 0 heterocycles. The second kappa shape index (κ2) is 3.89. The van der Waals surface area contributed by atoms with Gasteiger partial charge in [-0.1, -0.05) is 54.1 Å². The van der Waals surface area contributed by atoms with Crippen molar-refractivity contribution in [1.29, 1.82) is 0 Å². The van der Waals surface area contributed by atoms with Crippen molar-refractivity contribution < 1.29 is 0 Å². The minimum Gasteiger partial charge on any atom is -0.0996 e. The molecule has 2 heteroatoms. The molecule has 13 heavy (non-hydrogen) atoms. The van der Waals surface area contributed by atoms with Crippen LogP contribution in [0.4, 0.5) is 0 Å². The summed E-state index contributed by atoms with van der Waals surface area (Å²) in [6.45, 7) is 11.6. The van der Waals surface area contributed by atoms with Gasteiger partial charge >= 0.3 is 0 Å². The van der Waals surface area contributed by atoms with Crippen LogP contribution in [0.15, 0.2) is 12.2 Å². The van der Waals surface area contributed by atoms with Gasteiger partial charge in [-0.25, -0.2) is 0 Å². The topological polar surface area (TPSA) is 0 Å². The number of hydrogen-bond acceptors (Lipinski definition) is 0. The van der Waals surface area contributed by atoms with Crippen LogP contribution in [0.25, 0.3) is 0 Å². The van der Waals surface area contributed by atoms with Crippen molar-refractivity contribution >= 4 is 24.0 Å². The summed E-state index contributed by atoms with van der Waals surface area (Å²) >= 11 is 3.49. The van der Waals surface area contributed by atoms with Gasteiger partial charge in [-0.05, 0) is 24.3 Å². The first-order valence-electron chi connectivity index (χ1n) is 5.18. The van der Waals surface area contributed by atoms with Gasteiger partial charge in [0.05, 0.1) is 8.07 Å². The summed E-state index contributed by atoms with van der Waals surface area (Å²) in [7, 11) is -1.00. The van der Waals surface area contributed by atoms with Gasteiger partial charge in [-0.2, -0.15) is 0 Å². The van der Waals surface area contributed by atoms with Crippen LogP contribution >= 0.6 is 15.9 Å². The summed E-state index contributed by atoms with van der Waals surface area (Å²) < 4.78 is 0. The molecule has 1 aliphatic carbocycles. The Hall–Kier alpha value is 0.437. The molecule has 0 aliphatic heterocycles. The molecule has 76 valence electrons. The van der Waals surface area contributed by atoms with Gasteiger partial charge < -0.3 is 0 Å². The molecule has 0 unspecified atom stereocenters. The van der Waals surface area contributed by atoms with Crippen molar-refractivity contribution in [2.75, 3.05) is 5.33 Å². The van der Waals surface area contributed by atoms with Crippen LogP contribution in [0.3, 0.4) is 0 Å². The maximum atomic E-state index is 4.19. The molecule has 0 aromatic rings. The summed E-state index contributed by atoms with van der Waals surface area (Å²) in [5.74, 6) is 0. The summed E-state index contributed by atoms with van der Waals surface area (Å²) in [6, 6.07) is 0. The number of alkyl halides is 1. The lowest BCUT2D eigenvalue weighted by molar-refractivity contribution is 0.670. The second-order valence-corrected chi connectivity index (χ2v) is 11.5. The van der Waals surface area contributed by atoms with Crippen LogP contribution in [0, 0.1) is 0 Å². The fraction of sp³-hybridized carbons (Fsp3) is 0.818. The van der Waals surface area contributed by atoms with E-state index in [1.165, 1.54) is 25.7 Å². The molecule has 0 bridgehead atoms. The Kier molecular flexibility index (Phi) is 3.45. The average molecular weight is 261 g/mol. The predicted octanol–water partition coefficient (Wildman–Crippen LogP) is 4.59. The molecule has 0 spiro atoms. The van der Waals surface area contributed by atoms with Gasteiger partial charge in [0.2, 0.25) is 0 Å². The fourth-order valence-corrected chi connectivity index (χ4v) is 5.40. The van der Waals surface area contributed by atoms with Crippen LogP contribution < -0.4 is 0 Å². The molecule has 1 rings (SSSR count). The van der Waals surface area contributed by atoms with E-state index in [4.69, 9.17) is 0 Å². The Balaban J connectivity index is 2.49. The Bertz CT molecular complexity index is 205. The lowest BCUT2D eigenvalue weighted by Gasteiger charge is -2.28. The molecule has 0 saturated heterocycles. The maximum absolute atomic E-state index is 4.19. The van der Waals surface area contributed by atoms with Crippen molar-refractivity contribution in [3.8, 4) is 0 Å². The van der Waals surface area contributed by atoms with Gasteiger partial charge in [0.25, 0.3) is 0 Å². The van der Waals surface area contributed by atoms with Gasteiger partial charge in [-0.3, -0.25) is 0 Å². The minimum atomic E-state index is -1.00. The van der Waals surface area contributed by atoms with E-state index in [1.807, 2.05) is 0 Å². The highest BCUT2D eigenvalue weighted by Gasteiger charge is 2.55. The van der Waals surface area contributed by atoms with E-state index in [0.29, 0.717) is 5.04 Å². The number of halogens is 1. The highest BCUT2D eigenvalue weighted by atomic mass is 79.9. The number of unbranched alkanes of at least 4 members (excludes halogenated alkanes) is 1. The number of allylic oxidation sites excluding steroid dienone is 1. The smallest absolute Gasteiger partial charge is 0.0556 e. The van der Waals surface area contributed by atoms with Gasteiger partial charge in [-0.15, -0.1) is 0 Å². The number of rotatable bonds is 5. The Morgan fingerprint density at radius 2 is 1.92 bits per heavy atom. The standard InChI is InChI=1S/C11H21BrSi/c1-10-9-11(10,13(2,3)4)7-5-6-8-12/h1,5-9H2,2-4H3/t11-/m0/s1. The van der Waals surface area contributed by atoms with E-state index in [1.54, 1.807) is 5.57 Å². The zero-order valence-corrected chi connectivity index (χ0v) is 11.7. The van der Waals surface area contributed by atoms with Crippen molar-refractivity contribution in [2.45, 2.75) is 50.4 Å². The molecule has 1 atom stereocenters. The zero-order valence-electron chi connectivity index (χ0n) is 9.12. The van der Waals surface area contributed by atoms with E-state index in [-0.39, 0.29) is 0 Å². The van der Waals surface area contributed by atoms with Crippen molar-refractivity contribution in [1.82, 2.24) is 0 Å². The molecular formula is C11H21BrSi. The third-order valence-electron chi connectivity index (χ3n) is 3.49. The third-order valence-corrected chi connectivity index (χ3v) is 7.70. The molecule has 0 N–H and O–H groups in total. The molecule has 1 saturated carbocycles. The molecule has 1 fully saturated rings. The summed E-state index contributed by atoms with van der Waals surface area (Å²) in [6.07, 6.45) is 5.41. The Labute approximate surface area is 91.9 Å². The lowest BCUT2D eigenvalue weighted by Crippen LogP contribution is -2.29. The van der Waals surface area contributed by atoms with Crippen LogP contribution in [0.2, 0.25) is 24.7 Å². The molecule has 0 aromatic heterocycles. The maximum Gasteiger partial charge on any atom is 0.0556 e. The fourth-order valence-electron chi connectivity index (χ4n) is 2.28. The highest BCUT2D eigenvalue weighted by molar-refractivity contribution is 9.09. The number of hydrogen-bond donors (Lipinski definition) is 0. The van der Waals surface area contributed by atoms with E-state index in [0.717, 1.165) is 5.33 Å². The molecular weight excluding hydrogens is 240 g/mol. The lowest BCUT2D eigenvalue weighted by atomic mass is 10.2. The normalized spacial score (nSPS) is 27.8. The first kappa shape index (κ1) is 11.5. The summed E-state index contributed by atoms with van der Waals surface area (Å²) in [5, 5.41) is 1.77. The van der Waals surface area contributed by atoms with Crippen LogP contribution in [0.1, 0.15) is 25.7 Å². The molecule has 1 aliphatic rings. The SMILES string of the molecule is C=C1C[C@]1(CCCCBr)[Si](C)(C)C. The third kappa shape index (κ3) is 2.27.